The molecular weight excluding hydrogens is 458 g/mol. The molecule has 2 aromatic rings. The van der Waals surface area contributed by atoms with E-state index in [9.17, 15) is 22.0 Å². The minimum absolute atomic E-state index is 0.0723. The van der Waals surface area contributed by atoms with Crippen molar-refractivity contribution < 1.29 is 26.7 Å². The predicted octanol–water partition coefficient (Wildman–Crippen LogP) is 4.66. The van der Waals surface area contributed by atoms with E-state index in [0.717, 1.165) is 43.2 Å². The Labute approximate surface area is 191 Å². The number of rotatable bonds is 8. The van der Waals surface area contributed by atoms with E-state index in [1.54, 1.807) is 0 Å². The lowest BCUT2D eigenvalue weighted by molar-refractivity contribution is -0.113. The number of benzene rings is 2. The number of nitrogens with one attached hydrogen (secondary N) is 1. The second-order valence-corrected chi connectivity index (χ2v) is 10.7. The van der Waals surface area contributed by atoms with Crippen LogP contribution < -0.4 is 10.1 Å². The van der Waals surface area contributed by atoms with Crippen LogP contribution >= 0.6 is 11.8 Å². The molecule has 0 aliphatic carbocycles. The number of sulfonamides is 1. The molecule has 1 fully saturated rings. The van der Waals surface area contributed by atoms with Crippen molar-refractivity contribution >= 4 is 33.4 Å². The van der Waals surface area contributed by atoms with E-state index in [4.69, 9.17) is 4.74 Å². The van der Waals surface area contributed by atoms with Crippen LogP contribution in [0.3, 0.4) is 0 Å². The van der Waals surface area contributed by atoms with Crippen LogP contribution in [0.25, 0.3) is 0 Å². The molecule has 32 heavy (non-hydrogen) atoms. The number of halogens is 2. The van der Waals surface area contributed by atoms with Crippen LogP contribution in [-0.4, -0.2) is 43.6 Å². The molecule has 0 aromatic heterocycles. The van der Waals surface area contributed by atoms with Crippen LogP contribution in [0.2, 0.25) is 0 Å². The lowest BCUT2D eigenvalue weighted by Gasteiger charge is -2.26. The van der Waals surface area contributed by atoms with Crippen molar-refractivity contribution in [1.29, 1.82) is 0 Å². The minimum Gasteiger partial charge on any atom is -0.489 e. The Morgan fingerprint density at radius 3 is 2.50 bits per heavy atom. The lowest BCUT2D eigenvalue weighted by Crippen LogP contribution is -2.35. The van der Waals surface area contributed by atoms with Gasteiger partial charge in [-0.3, -0.25) is 4.79 Å². The van der Waals surface area contributed by atoms with Gasteiger partial charge in [-0.25, -0.2) is 17.2 Å². The van der Waals surface area contributed by atoms with Crippen molar-refractivity contribution in [2.24, 2.45) is 0 Å². The van der Waals surface area contributed by atoms with Gasteiger partial charge >= 0.3 is 0 Å². The number of nitrogens with zero attached hydrogens (tertiary/aromatic N) is 1. The van der Waals surface area contributed by atoms with Crippen LogP contribution in [0.5, 0.6) is 5.75 Å². The molecule has 0 radical (unpaired) electrons. The Bertz CT molecular complexity index is 1070. The zero-order chi connectivity index (χ0) is 23.3. The largest absolute Gasteiger partial charge is 0.489 e. The third-order valence-electron chi connectivity index (χ3n) is 4.79. The molecule has 0 unspecified atom stereocenters. The summed E-state index contributed by atoms with van der Waals surface area (Å²) in [6, 6.07) is 7.53. The molecule has 1 saturated heterocycles. The van der Waals surface area contributed by atoms with Crippen LogP contribution in [0.4, 0.5) is 14.5 Å². The quantitative estimate of drug-likeness (QED) is 0.552. The first kappa shape index (κ1) is 24.5. The number of hydrogen-bond acceptors (Lipinski definition) is 5. The Morgan fingerprint density at radius 1 is 1.12 bits per heavy atom. The molecule has 1 aliphatic heterocycles. The minimum atomic E-state index is -3.69. The maximum Gasteiger partial charge on any atom is 0.243 e. The van der Waals surface area contributed by atoms with Crippen LogP contribution in [-0.2, 0) is 14.8 Å². The van der Waals surface area contributed by atoms with Gasteiger partial charge in [-0.15, -0.1) is 11.8 Å². The Balaban J connectivity index is 1.79. The second-order valence-electron chi connectivity index (χ2n) is 7.70. The highest BCUT2D eigenvalue weighted by Gasteiger charge is 2.27. The Hall–Kier alpha value is -2.17. The summed E-state index contributed by atoms with van der Waals surface area (Å²) in [6.45, 7) is 4.57. The summed E-state index contributed by atoms with van der Waals surface area (Å²) in [5, 5.41) is 2.67. The standard InChI is InChI=1S/C22H26F2N2O4S2/c1-15(2)30-20-8-7-17(32(28,29)26-10-4-3-5-11-26)13-19(20)25-22(27)14-31-21-9-6-16(23)12-18(21)24/h6-9,12-13,15H,3-5,10-11,14H2,1-2H3,(H,25,27). The monoisotopic (exact) mass is 484 g/mol. The topological polar surface area (TPSA) is 75.7 Å². The van der Waals surface area contributed by atoms with E-state index in [0.29, 0.717) is 18.8 Å². The molecule has 0 saturated carbocycles. The van der Waals surface area contributed by atoms with Gasteiger partial charge < -0.3 is 10.1 Å². The van der Waals surface area contributed by atoms with Crippen molar-refractivity contribution in [3.05, 3.63) is 48.0 Å². The third kappa shape index (κ3) is 6.20. The van der Waals surface area contributed by atoms with E-state index >= 15 is 0 Å². The molecule has 0 atom stereocenters. The fourth-order valence-electron chi connectivity index (χ4n) is 3.30. The summed E-state index contributed by atoms with van der Waals surface area (Å²) in [4.78, 5) is 12.7. The molecule has 174 valence electrons. The molecule has 1 amide bonds. The maximum atomic E-state index is 13.8. The first-order valence-corrected chi connectivity index (χ1v) is 12.8. The average Bonchev–Trinajstić information content (AvgIpc) is 2.74. The van der Waals surface area contributed by atoms with Gasteiger partial charge in [0, 0.05) is 24.1 Å². The van der Waals surface area contributed by atoms with Gasteiger partial charge in [0.25, 0.3) is 0 Å². The highest BCUT2D eigenvalue weighted by Crippen LogP contribution is 2.31. The van der Waals surface area contributed by atoms with E-state index < -0.39 is 27.6 Å². The molecule has 6 nitrogen and oxygen atoms in total. The van der Waals surface area contributed by atoms with Gasteiger partial charge in [0.15, 0.2) is 0 Å². The molecule has 1 N–H and O–H groups in total. The molecule has 0 bridgehead atoms. The summed E-state index contributed by atoms with van der Waals surface area (Å²) in [5.41, 5.74) is 0.224. The van der Waals surface area contributed by atoms with E-state index in [1.807, 2.05) is 13.8 Å². The Morgan fingerprint density at radius 2 is 1.84 bits per heavy atom. The van der Waals surface area contributed by atoms with Crippen LogP contribution in [0, 0.1) is 11.6 Å². The summed E-state index contributed by atoms with van der Waals surface area (Å²) < 4.78 is 60.1. The average molecular weight is 485 g/mol. The molecule has 2 aromatic carbocycles. The smallest absolute Gasteiger partial charge is 0.243 e. The van der Waals surface area contributed by atoms with Crippen molar-refractivity contribution in [2.45, 2.75) is 49.0 Å². The van der Waals surface area contributed by atoms with Gasteiger partial charge in [0.1, 0.15) is 17.4 Å². The predicted molar refractivity (Wildman–Crippen MR) is 121 cm³/mol. The van der Waals surface area contributed by atoms with Gasteiger partial charge in [-0.2, -0.15) is 4.31 Å². The molecule has 10 heteroatoms. The second kappa shape index (κ2) is 10.6. The summed E-state index contributed by atoms with van der Waals surface area (Å²) >= 11 is 0.914. The number of carbonyl (C=O) groups excluding carboxylic acids is 1. The van der Waals surface area contributed by atoms with Gasteiger partial charge in [0.05, 0.1) is 22.4 Å². The van der Waals surface area contributed by atoms with Gasteiger partial charge in [-0.05, 0) is 57.0 Å². The van der Waals surface area contributed by atoms with Gasteiger partial charge in [-0.1, -0.05) is 6.42 Å². The van der Waals surface area contributed by atoms with E-state index in [-0.39, 0.29) is 27.3 Å². The first-order valence-electron chi connectivity index (χ1n) is 10.4. The first-order chi connectivity index (χ1) is 15.2. The Kier molecular flexibility index (Phi) is 8.13. The fraction of sp³-hybridized carbons (Fsp3) is 0.409. The number of carbonyl (C=O) groups is 1. The number of amides is 1. The lowest BCUT2D eigenvalue weighted by atomic mass is 10.2. The van der Waals surface area contributed by atoms with Crippen LogP contribution in [0.1, 0.15) is 33.1 Å². The maximum absolute atomic E-state index is 13.8. The van der Waals surface area contributed by atoms with Crippen molar-refractivity contribution in [3.63, 3.8) is 0 Å². The highest BCUT2D eigenvalue weighted by atomic mass is 32.2. The summed E-state index contributed by atoms with van der Waals surface area (Å²) in [6.07, 6.45) is 2.43. The van der Waals surface area contributed by atoms with Crippen molar-refractivity contribution in [1.82, 2.24) is 4.31 Å². The summed E-state index contributed by atoms with van der Waals surface area (Å²) in [5.74, 6) is -1.73. The molecule has 1 heterocycles. The number of piperidine rings is 1. The SMILES string of the molecule is CC(C)Oc1ccc(S(=O)(=O)N2CCCCC2)cc1NC(=O)CSc1ccc(F)cc1F. The third-order valence-corrected chi connectivity index (χ3v) is 7.74. The normalized spacial score (nSPS) is 15.0. The van der Waals surface area contributed by atoms with Crippen molar-refractivity contribution in [2.75, 3.05) is 24.2 Å². The van der Waals surface area contributed by atoms with E-state index in [2.05, 4.69) is 5.32 Å². The van der Waals surface area contributed by atoms with E-state index in [1.165, 1.54) is 28.6 Å². The number of ether oxygens (including phenoxy) is 1. The van der Waals surface area contributed by atoms with Crippen LogP contribution in [0.15, 0.2) is 46.2 Å². The number of anilines is 1. The number of thioether (sulfide) groups is 1. The molecular formula is C22H26F2N2O4S2. The molecule has 3 rings (SSSR count). The highest BCUT2D eigenvalue weighted by molar-refractivity contribution is 8.00. The molecule has 1 aliphatic rings. The van der Waals surface area contributed by atoms with Gasteiger partial charge in [0.2, 0.25) is 15.9 Å². The summed E-state index contributed by atoms with van der Waals surface area (Å²) in [7, 11) is -3.69. The number of hydrogen-bond donors (Lipinski definition) is 1. The fourth-order valence-corrected chi connectivity index (χ4v) is 5.56. The zero-order valence-electron chi connectivity index (χ0n) is 17.9. The van der Waals surface area contributed by atoms with Crippen molar-refractivity contribution in [3.8, 4) is 5.75 Å². The zero-order valence-corrected chi connectivity index (χ0v) is 19.6. The molecule has 0 spiro atoms.